The lowest BCUT2D eigenvalue weighted by Crippen LogP contribution is -2.54. The van der Waals surface area contributed by atoms with Gasteiger partial charge in [0.15, 0.2) is 6.04 Å². The van der Waals surface area contributed by atoms with Gasteiger partial charge in [-0.1, -0.05) is 30.0 Å². The third-order valence-electron chi connectivity index (χ3n) is 3.67. The van der Waals surface area contributed by atoms with Crippen LogP contribution in [0.25, 0.3) is 0 Å². The van der Waals surface area contributed by atoms with E-state index < -0.39 is 23.8 Å². The van der Waals surface area contributed by atoms with Gasteiger partial charge >= 0.3 is 0 Å². The number of rotatable bonds is 4. The number of hydrogen-bond donors (Lipinski definition) is 3. The third kappa shape index (κ3) is 4.90. The molecule has 0 aliphatic heterocycles. The van der Waals surface area contributed by atoms with Crippen LogP contribution in [0.1, 0.15) is 21.6 Å². The molecular weight excluding hydrogens is 348 g/mol. The van der Waals surface area contributed by atoms with Crippen molar-refractivity contribution >= 4 is 17.7 Å². The van der Waals surface area contributed by atoms with E-state index in [1.165, 1.54) is 31.8 Å². The van der Waals surface area contributed by atoms with Crippen molar-refractivity contribution < 1.29 is 19.6 Å². The van der Waals surface area contributed by atoms with Crippen LogP contribution in [-0.4, -0.2) is 52.9 Å². The summed E-state index contributed by atoms with van der Waals surface area (Å²) in [6, 6.07) is 10.9. The molecule has 0 aliphatic rings. The second kappa shape index (κ2) is 9.12. The van der Waals surface area contributed by atoms with Crippen molar-refractivity contribution in [3.63, 3.8) is 0 Å². The molecule has 0 radical (unpaired) electrons. The van der Waals surface area contributed by atoms with Gasteiger partial charge in [-0.05, 0) is 24.3 Å². The fraction of sp³-hybridized carbons (Fsp3) is 0.158. The summed E-state index contributed by atoms with van der Waals surface area (Å²) in [5.41, 5.74) is 2.86. The summed E-state index contributed by atoms with van der Waals surface area (Å²) in [4.78, 5) is 41.0. The Bertz CT molecular complexity index is 869. The Morgan fingerprint density at radius 2 is 1.70 bits per heavy atom. The van der Waals surface area contributed by atoms with E-state index in [1.54, 1.807) is 6.07 Å². The largest absolute Gasteiger partial charge is 0.357 e. The van der Waals surface area contributed by atoms with Gasteiger partial charge in [0, 0.05) is 31.4 Å². The Morgan fingerprint density at radius 3 is 2.26 bits per heavy atom. The molecule has 0 fully saturated rings. The van der Waals surface area contributed by atoms with E-state index in [-0.39, 0.29) is 5.69 Å². The normalized spacial score (nSPS) is 10.8. The van der Waals surface area contributed by atoms with E-state index in [1.807, 2.05) is 30.3 Å². The number of amides is 3. The molecule has 2 rings (SSSR count). The monoisotopic (exact) mass is 366 g/mol. The highest BCUT2D eigenvalue weighted by molar-refractivity contribution is 6.08. The number of likely N-dealkylation sites (N-methyl/N-ethyl adjacent to an activating group) is 2. The van der Waals surface area contributed by atoms with Crippen molar-refractivity contribution in [3.05, 3.63) is 65.5 Å². The maximum Gasteiger partial charge on any atom is 0.275 e. The first kappa shape index (κ1) is 19.6. The van der Waals surface area contributed by atoms with E-state index in [2.05, 4.69) is 22.1 Å². The molecule has 3 N–H and O–H groups in total. The fourth-order valence-electron chi connectivity index (χ4n) is 2.23. The first-order valence-electron chi connectivity index (χ1n) is 7.93. The molecule has 0 saturated carbocycles. The number of benzene rings is 1. The molecule has 8 heteroatoms. The minimum absolute atomic E-state index is 0.0300. The van der Waals surface area contributed by atoms with Gasteiger partial charge < -0.3 is 10.2 Å². The lowest BCUT2D eigenvalue weighted by atomic mass is 10.2. The molecule has 1 unspecified atom stereocenters. The van der Waals surface area contributed by atoms with Crippen molar-refractivity contribution in [2.75, 3.05) is 14.1 Å². The molecule has 2 aromatic rings. The topological polar surface area (TPSA) is 112 Å². The Labute approximate surface area is 156 Å². The molecule has 0 saturated heterocycles. The van der Waals surface area contributed by atoms with Crippen LogP contribution in [0.4, 0.5) is 0 Å². The number of carbonyl (C=O) groups excluding carboxylic acids is 3. The van der Waals surface area contributed by atoms with Crippen molar-refractivity contribution in [1.82, 2.24) is 20.7 Å². The first-order chi connectivity index (χ1) is 13.0. The second-order valence-electron chi connectivity index (χ2n) is 5.46. The maximum absolute atomic E-state index is 12.5. The molecule has 8 nitrogen and oxygen atoms in total. The number of hydrogen-bond acceptors (Lipinski definition) is 5. The van der Waals surface area contributed by atoms with E-state index in [9.17, 15) is 14.4 Å². The summed E-state index contributed by atoms with van der Waals surface area (Å²) < 4.78 is 0. The zero-order valence-electron chi connectivity index (χ0n) is 14.8. The van der Waals surface area contributed by atoms with Crippen LogP contribution in [0.3, 0.4) is 0 Å². The van der Waals surface area contributed by atoms with Gasteiger partial charge in [-0.3, -0.25) is 19.6 Å². The molecule has 0 spiro atoms. The molecule has 3 amide bonds. The maximum atomic E-state index is 12.5. The predicted octanol–water partition coefficient (Wildman–Crippen LogP) is 0.173. The standard InChI is InChI=1S/C19H18N4O4/c1-20-17(24)16(18(25)22-27)23(2)19(26)15-11-10-14(12-21-15)9-8-13-6-4-3-5-7-13/h3-7,10-12,16,27H,1-2H3,(H,20,24)(H,22,25). The first-order valence-corrected chi connectivity index (χ1v) is 7.93. The van der Waals surface area contributed by atoms with Crippen LogP contribution in [0, 0.1) is 11.8 Å². The van der Waals surface area contributed by atoms with Gasteiger partial charge in [0.2, 0.25) is 0 Å². The summed E-state index contributed by atoms with van der Waals surface area (Å²) in [6.07, 6.45) is 1.43. The van der Waals surface area contributed by atoms with Crippen molar-refractivity contribution in [2.45, 2.75) is 6.04 Å². The lowest BCUT2D eigenvalue weighted by molar-refractivity contribution is -0.140. The minimum Gasteiger partial charge on any atom is -0.357 e. The van der Waals surface area contributed by atoms with E-state index >= 15 is 0 Å². The van der Waals surface area contributed by atoms with Crippen molar-refractivity contribution in [3.8, 4) is 11.8 Å². The average Bonchev–Trinajstić information content (AvgIpc) is 2.72. The molecule has 1 heterocycles. The van der Waals surface area contributed by atoms with E-state index in [0.717, 1.165) is 10.5 Å². The molecule has 0 bridgehead atoms. The highest BCUT2D eigenvalue weighted by atomic mass is 16.5. The highest BCUT2D eigenvalue weighted by Gasteiger charge is 2.33. The Balaban J connectivity index is 2.18. The zero-order chi connectivity index (χ0) is 19.8. The Morgan fingerprint density at radius 1 is 1.04 bits per heavy atom. The molecule has 138 valence electrons. The number of aromatic nitrogens is 1. The van der Waals surface area contributed by atoms with Crippen molar-refractivity contribution in [1.29, 1.82) is 0 Å². The Kier molecular flexibility index (Phi) is 6.63. The van der Waals surface area contributed by atoms with Gasteiger partial charge in [-0.2, -0.15) is 0 Å². The predicted molar refractivity (Wildman–Crippen MR) is 96.5 cm³/mol. The van der Waals surface area contributed by atoms with Crippen LogP contribution in [0.2, 0.25) is 0 Å². The van der Waals surface area contributed by atoms with Gasteiger partial charge in [0.05, 0.1) is 0 Å². The van der Waals surface area contributed by atoms with Crippen molar-refractivity contribution in [2.24, 2.45) is 0 Å². The zero-order valence-corrected chi connectivity index (χ0v) is 14.8. The van der Waals surface area contributed by atoms with Crippen LogP contribution >= 0.6 is 0 Å². The van der Waals surface area contributed by atoms with Crippen LogP contribution in [-0.2, 0) is 9.59 Å². The quantitative estimate of drug-likeness (QED) is 0.309. The number of nitrogens with one attached hydrogen (secondary N) is 2. The minimum atomic E-state index is -1.54. The number of hydroxylamine groups is 1. The number of pyridine rings is 1. The van der Waals surface area contributed by atoms with Gasteiger partial charge in [-0.15, -0.1) is 0 Å². The summed E-state index contributed by atoms with van der Waals surface area (Å²) >= 11 is 0. The van der Waals surface area contributed by atoms with E-state index in [0.29, 0.717) is 5.56 Å². The molecular formula is C19H18N4O4. The molecule has 1 atom stereocenters. The summed E-state index contributed by atoms with van der Waals surface area (Å²) in [7, 11) is 2.58. The van der Waals surface area contributed by atoms with Gasteiger partial charge in [-0.25, -0.2) is 10.5 Å². The summed E-state index contributed by atoms with van der Waals surface area (Å²) in [5.74, 6) is 3.47. The lowest BCUT2D eigenvalue weighted by Gasteiger charge is -2.24. The van der Waals surface area contributed by atoms with Gasteiger partial charge in [0.25, 0.3) is 17.7 Å². The fourth-order valence-corrected chi connectivity index (χ4v) is 2.23. The number of carbonyl (C=O) groups is 3. The molecule has 1 aromatic carbocycles. The van der Waals surface area contributed by atoms with Crippen LogP contribution in [0.15, 0.2) is 48.7 Å². The molecule has 1 aromatic heterocycles. The molecule has 27 heavy (non-hydrogen) atoms. The van der Waals surface area contributed by atoms with Gasteiger partial charge in [0.1, 0.15) is 5.69 Å². The van der Waals surface area contributed by atoms with Crippen LogP contribution in [0.5, 0.6) is 0 Å². The highest BCUT2D eigenvalue weighted by Crippen LogP contribution is 2.07. The van der Waals surface area contributed by atoms with Crippen LogP contribution < -0.4 is 10.8 Å². The SMILES string of the molecule is CNC(=O)C(C(=O)NO)N(C)C(=O)c1ccc(C#Cc2ccccc2)cn1. The third-order valence-corrected chi connectivity index (χ3v) is 3.67. The summed E-state index contributed by atoms with van der Waals surface area (Å²) in [5, 5.41) is 11.1. The summed E-state index contributed by atoms with van der Waals surface area (Å²) in [6.45, 7) is 0. The van der Waals surface area contributed by atoms with E-state index in [4.69, 9.17) is 5.21 Å². The molecule has 0 aliphatic carbocycles. The number of nitrogens with zero attached hydrogens (tertiary/aromatic N) is 2. The average molecular weight is 366 g/mol. The Hall–Kier alpha value is -3.70. The second-order valence-corrected chi connectivity index (χ2v) is 5.46. The smallest absolute Gasteiger partial charge is 0.275 e.